The van der Waals surface area contributed by atoms with E-state index in [1.54, 1.807) is 0 Å². The monoisotopic (exact) mass is 263 g/mol. The first-order valence-corrected chi connectivity index (χ1v) is 6.20. The van der Waals surface area contributed by atoms with Gasteiger partial charge in [0.25, 0.3) is 0 Å². The number of hydrogen-bond donors (Lipinski definition) is 3. The molecule has 18 heavy (non-hydrogen) atoms. The number of carbonyl (C=O) groups excluding carboxylic acids is 1. The van der Waals surface area contributed by atoms with E-state index in [1.165, 1.54) is 0 Å². The number of aliphatic hydroxyl groups is 2. The molecule has 104 valence electrons. The summed E-state index contributed by atoms with van der Waals surface area (Å²) in [4.78, 5) is 11.8. The minimum atomic E-state index is -0.738. The molecule has 2 rings (SSSR count). The Morgan fingerprint density at radius 3 is 2.72 bits per heavy atom. The van der Waals surface area contributed by atoms with E-state index in [1.807, 2.05) is 0 Å². The molecule has 6 nitrogen and oxygen atoms in total. The van der Waals surface area contributed by atoms with E-state index in [4.69, 9.17) is 17.3 Å². The van der Waals surface area contributed by atoms with Crippen molar-refractivity contribution in [3.05, 3.63) is 0 Å². The van der Waals surface area contributed by atoms with Crippen LogP contribution < -0.4 is 5.32 Å². The second kappa shape index (κ2) is 6.47. The predicted octanol–water partition coefficient (Wildman–Crippen LogP) is -0.960. The van der Waals surface area contributed by atoms with E-state index in [0.717, 1.165) is 0 Å². The van der Waals surface area contributed by atoms with Crippen LogP contribution in [0.15, 0.2) is 0 Å². The summed E-state index contributed by atoms with van der Waals surface area (Å²) in [6.45, 7) is -1.46. The Balaban J connectivity index is 1.73. The number of ether oxygens (including phenoxy) is 2. The summed E-state index contributed by atoms with van der Waals surface area (Å²) in [5.74, 6) is -0.392. The molecule has 2 aliphatic rings. The first-order chi connectivity index (χ1) is 9.49. The van der Waals surface area contributed by atoms with Crippen LogP contribution in [0.1, 0.15) is 22.0 Å². The van der Waals surface area contributed by atoms with Gasteiger partial charge in [-0.2, -0.15) is 0 Å². The van der Waals surface area contributed by atoms with Gasteiger partial charge in [-0.25, -0.2) is 0 Å². The molecule has 0 aromatic rings. The molecule has 2 heterocycles. The lowest BCUT2D eigenvalue weighted by molar-refractivity contribution is -0.123. The van der Waals surface area contributed by atoms with Crippen LogP contribution in [-0.2, 0) is 14.3 Å². The van der Waals surface area contributed by atoms with Gasteiger partial charge in [0.15, 0.2) is 0 Å². The van der Waals surface area contributed by atoms with Crippen LogP contribution in [-0.4, -0.2) is 60.7 Å². The van der Waals surface area contributed by atoms with E-state index in [0.29, 0.717) is 6.42 Å². The SMILES string of the molecule is [3H][C@H]1C[C@H](CC(=O)NC[C@H]2O[C@@H]([3H])C[C@@H]2O)[C@@H](CO)O1. The number of amides is 1. The molecule has 0 radical (unpaired) electrons. The molecule has 0 aromatic carbocycles. The summed E-state index contributed by atoms with van der Waals surface area (Å²) in [5.41, 5.74) is 0. The summed E-state index contributed by atoms with van der Waals surface area (Å²) >= 11 is 0. The van der Waals surface area contributed by atoms with Gasteiger partial charge in [-0.1, -0.05) is 0 Å². The number of rotatable bonds is 5. The highest BCUT2D eigenvalue weighted by Crippen LogP contribution is 2.23. The van der Waals surface area contributed by atoms with Gasteiger partial charge in [0, 0.05) is 26.1 Å². The zero-order valence-electron chi connectivity index (χ0n) is 12.1. The maximum absolute atomic E-state index is 11.8. The third-order valence-electron chi connectivity index (χ3n) is 3.36. The van der Waals surface area contributed by atoms with Crippen LogP contribution in [0.5, 0.6) is 0 Å². The van der Waals surface area contributed by atoms with Crippen molar-refractivity contribution in [2.24, 2.45) is 5.92 Å². The minimum absolute atomic E-state index is 0.164. The first-order valence-electron chi connectivity index (χ1n) is 7.36. The Labute approximate surface area is 109 Å². The Morgan fingerprint density at radius 2 is 2.06 bits per heavy atom. The maximum atomic E-state index is 11.8. The van der Waals surface area contributed by atoms with Crippen LogP contribution in [0.2, 0.25) is 0 Å². The van der Waals surface area contributed by atoms with Crippen molar-refractivity contribution in [2.45, 2.75) is 37.6 Å². The molecular formula is C12H21NO5. The summed E-state index contributed by atoms with van der Waals surface area (Å²) in [6, 6.07) is 0. The van der Waals surface area contributed by atoms with Crippen molar-refractivity contribution in [1.29, 1.82) is 0 Å². The molecule has 0 aliphatic carbocycles. The summed E-state index contributed by atoms with van der Waals surface area (Å²) in [7, 11) is 0. The van der Waals surface area contributed by atoms with Gasteiger partial charge in [0.05, 0.1) is 21.6 Å². The van der Waals surface area contributed by atoms with Crippen molar-refractivity contribution >= 4 is 5.91 Å². The largest absolute Gasteiger partial charge is 0.394 e. The lowest BCUT2D eigenvalue weighted by Gasteiger charge is -2.18. The van der Waals surface area contributed by atoms with Crippen LogP contribution in [0, 0.1) is 5.92 Å². The van der Waals surface area contributed by atoms with E-state index < -0.39 is 31.5 Å². The second-order valence-electron chi connectivity index (χ2n) is 4.67. The number of aliphatic hydroxyl groups excluding tert-OH is 2. The molecule has 0 unspecified atom stereocenters. The van der Waals surface area contributed by atoms with E-state index in [9.17, 15) is 9.90 Å². The van der Waals surface area contributed by atoms with E-state index >= 15 is 0 Å². The standard InChI is InChI=1S/C12H21NO5/c14-7-11-8(1-3-18-11)5-12(16)13-6-10-9(15)2-4-17-10/h8-11,14-15H,1-7H2,(H,13,16)/t8-,9+,10-,11-/m1/s1/i3T,4T/t3-,4-,8+,9-,10+,11+/m0. The molecular weight excluding hydrogens is 238 g/mol. The van der Waals surface area contributed by atoms with Crippen LogP contribution in [0.4, 0.5) is 0 Å². The lowest BCUT2D eigenvalue weighted by atomic mass is 9.97. The quantitative estimate of drug-likeness (QED) is 0.594. The zero-order valence-corrected chi connectivity index (χ0v) is 10.1. The summed E-state index contributed by atoms with van der Waals surface area (Å²) in [6.07, 6.45) is -0.878. The average Bonchev–Trinajstić information content (AvgIpc) is 2.89. The highest BCUT2D eigenvalue weighted by atomic mass is 16.5. The topological polar surface area (TPSA) is 88.0 Å². The Hall–Kier alpha value is -0.690. The van der Waals surface area contributed by atoms with Crippen molar-refractivity contribution in [3.8, 4) is 0 Å². The summed E-state index contributed by atoms with van der Waals surface area (Å²) < 4.78 is 25.2. The predicted molar refractivity (Wildman–Crippen MR) is 62.9 cm³/mol. The van der Waals surface area contributed by atoms with Gasteiger partial charge in [0.2, 0.25) is 5.91 Å². The van der Waals surface area contributed by atoms with Crippen LogP contribution in [0.25, 0.3) is 0 Å². The lowest BCUT2D eigenvalue weighted by Crippen LogP contribution is -2.38. The fourth-order valence-corrected chi connectivity index (χ4v) is 2.20. The molecule has 0 saturated carbocycles. The normalized spacial score (nSPS) is 45.7. The zero-order chi connectivity index (χ0) is 14.7. The van der Waals surface area contributed by atoms with Gasteiger partial charge < -0.3 is 25.0 Å². The molecule has 3 N–H and O–H groups in total. The number of hydrogen-bond acceptors (Lipinski definition) is 5. The molecule has 6 atom stereocenters. The smallest absolute Gasteiger partial charge is 0.220 e. The third-order valence-corrected chi connectivity index (χ3v) is 3.36. The molecule has 0 aromatic heterocycles. The Kier molecular flexibility index (Phi) is 4.01. The van der Waals surface area contributed by atoms with Crippen LogP contribution >= 0.6 is 0 Å². The van der Waals surface area contributed by atoms with Gasteiger partial charge >= 0.3 is 0 Å². The Morgan fingerprint density at radius 1 is 1.33 bits per heavy atom. The molecule has 0 bridgehead atoms. The molecule has 0 spiro atoms. The van der Waals surface area contributed by atoms with Crippen molar-refractivity contribution in [1.82, 2.24) is 5.32 Å². The Bertz CT molecular complexity index is 346. The van der Waals surface area contributed by atoms with E-state index in [-0.39, 0.29) is 37.8 Å². The molecule has 2 aliphatic heterocycles. The first kappa shape index (κ1) is 11.2. The molecule has 2 saturated heterocycles. The molecule has 2 fully saturated rings. The van der Waals surface area contributed by atoms with E-state index in [2.05, 4.69) is 5.32 Å². The van der Waals surface area contributed by atoms with Gasteiger partial charge in [-0.05, 0) is 18.8 Å². The highest BCUT2D eigenvalue weighted by Gasteiger charge is 2.30. The number of nitrogens with one attached hydrogen (secondary N) is 1. The second-order valence-corrected chi connectivity index (χ2v) is 4.67. The number of carbonyl (C=O) groups is 1. The minimum Gasteiger partial charge on any atom is -0.394 e. The molecule has 1 amide bonds. The summed E-state index contributed by atoms with van der Waals surface area (Å²) in [5, 5.41) is 21.4. The highest BCUT2D eigenvalue weighted by molar-refractivity contribution is 5.76. The van der Waals surface area contributed by atoms with Gasteiger partial charge in [-0.3, -0.25) is 4.79 Å². The van der Waals surface area contributed by atoms with Crippen molar-refractivity contribution in [2.75, 3.05) is 26.3 Å². The van der Waals surface area contributed by atoms with Gasteiger partial charge in [0.1, 0.15) is 6.10 Å². The van der Waals surface area contributed by atoms with Crippen molar-refractivity contribution in [3.63, 3.8) is 0 Å². The third kappa shape index (κ3) is 3.41. The maximum Gasteiger partial charge on any atom is 0.220 e. The molecule has 6 heteroatoms. The fourth-order valence-electron chi connectivity index (χ4n) is 2.20. The fraction of sp³-hybridized carbons (Fsp3) is 0.917. The van der Waals surface area contributed by atoms with Crippen molar-refractivity contribution < 1.29 is 27.2 Å². The average molecular weight is 263 g/mol. The van der Waals surface area contributed by atoms with Crippen LogP contribution in [0.3, 0.4) is 0 Å². The van der Waals surface area contributed by atoms with Gasteiger partial charge in [-0.15, -0.1) is 0 Å².